The molecule has 0 bridgehead atoms. The molecule has 0 fully saturated rings. The summed E-state index contributed by atoms with van der Waals surface area (Å²) >= 11 is 3.18. The number of hydrogen-bond acceptors (Lipinski definition) is 1. The molecule has 14 heavy (non-hydrogen) atoms. The first-order valence-corrected chi connectivity index (χ1v) is 4.66. The molecule has 0 amide bonds. The van der Waals surface area contributed by atoms with E-state index < -0.39 is 11.8 Å². The van der Waals surface area contributed by atoms with Crippen molar-refractivity contribution < 1.29 is 14.3 Å². The molecule has 0 saturated carbocycles. The normalized spacial score (nSPS) is 11.5. The number of benzene rings is 1. The van der Waals surface area contributed by atoms with Crippen LogP contribution < -0.4 is 0 Å². The van der Waals surface area contributed by atoms with Crippen LogP contribution in [-0.4, -0.2) is 11.1 Å². The molecule has 1 N–H and O–H groups in total. The Bertz CT molecular complexity index is 399. The van der Waals surface area contributed by atoms with E-state index in [0.29, 0.717) is 4.47 Å². The average molecular weight is 259 g/mol. The molecule has 0 spiro atoms. The highest BCUT2D eigenvalue weighted by atomic mass is 79.9. The molecular formula is C10H8BrFO2. The van der Waals surface area contributed by atoms with Crippen molar-refractivity contribution in [3.63, 3.8) is 0 Å². The van der Waals surface area contributed by atoms with E-state index in [1.807, 2.05) is 0 Å². The molecule has 0 unspecified atom stereocenters. The topological polar surface area (TPSA) is 37.3 Å². The van der Waals surface area contributed by atoms with Crippen molar-refractivity contribution in [1.82, 2.24) is 0 Å². The summed E-state index contributed by atoms with van der Waals surface area (Å²) in [6, 6.07) is 4.37. The third-order valence-corrected chi connectivity index (χ3v) is 2.16. The molecule has 1 aromatic rings. The number of aliphatic carboxylic acids is 1. The van der Waals surface area contributed by atoms with E-state index >= 15 is 0 Å². The number of halogens is 2. The van der Waals surface area contributed by atoms with Crippen LogP contribution in [0.5, 0.6) is 0 Å². The minimum atomic E-state index is -1.05. The summed E-state index contributed by atoms with van der Waals surface area (Å²) in [5.74, 6) is -1.49. The molecule has 4 heteroatoms. The lowest BCUT2D eigenvalue weighted by Gasteiger charge is -1.99. The zero-order valence-electron chi connectivity index (χ0n) is 7.42. The summed E-state index contributed by atoms with van der Waals surface area (Å²) < 4.78 is 13.8. The first kappa shape index (κ1) is 10.9. The molecule has 0 saturated heterocycles. The summed E-state index contributed by atoms with van der Waals surface area (Å²) in [5, 5.41) is 8.60. The molecule has 1 rings (SSSR count). The quantitative estimate of drug-likeness (QED) is 0.828. The van der Waals surface area contributed by atoms with Crippen LogP contribution in [0.25, 0.3) is 6.08 Å². The minimum Gasteiger partial charge on any atom is -0.478 e. The number of carbonyl (C=O) groups is 1. The zero-order valence-corrected chi connectivity index (χ0v) is 9.01. The van der Waals surface area contributed by atoms with E-state index in [4.69, 9.17) is 5.11 Å². The lowest BCUT2D eigenvalue weighted by Crippen LogP contribution is -1.96. The third kappa shape index (κ3) is 2.67. The van der Waals surface area contributed by atoms with E-state index in [2.05, 4.69) is 15.9 Å². The molecule has 0 aliphatic rings. The van der Waals surface area contributed by atoms with Gasteiger partial charge in [0.1, 0.15) is 5.82 Å². The standard InChI is InChI=1S/C10H8BrFO2/c1-6(10(13)14)4-7-5-8(11)2-3-9(7)12/h2-5H,1H3,(H,13,14)/b6-4+. The van der Waals surface area contributed by atoms with Crippen molar-refractivity contribution in [2.75, 3.05) is 0 Å². The fourth-order valence-corrected chi connectivity index (χ4v) is 1.30. The molecule has 74 valence electrons. The Morgan fingerprint density at radius 3 is 2.79 bits per heavy atom. The second kappa shape index (κ2) is 4.37. The molecule has 0 radical (unpaired) electrons. The Kier molecular flexibility index (Phi) is 3.41. The van der Waals surface area contributed by atoms with Gasteiger partial charge in [-0.2, -0.15) is 0 Å². The smallest absolute Gasteiger partial charge is 0.331 e. The molecule has 0 atom stereocenters. The van der Waals surface area contributed by atoms with Gasteiger partial charge in [-0.05, 0) is 31.2 Å². The van der Waals surface area contributed by atoms with Crippen LogP contribution in [0.15, 0.2) is 28.2 Å². The van der Waals surface area contributed by atoms with Crippen LogP contribution in [-0.2, 0) is 4.79 Å². The highest BCUT2D eigenvalue weighted by Gasteiger charge is 2.04. The van der Waals surface area contributed by atoms with Gasteiger partial charge in [0.2, 0.25) is 0 Å². The first-order chi connectivity index (χ1) is 6.50. The van der Waals surface area contributed by atoms with E-state index in [1.54, 1.807) is 6.07 Å². The van der Waals surface area contributed by atoms with Crippen molar-refractivity contribution in [2.45, 2.75) is 6.92 Å². The molecule has 2 nitrogen and oxygen atoms in total. The highest BCUT2D eigenvalue weighted by Crippen LogP contribution is 2.18. The maximum atomic E-state index is 13.1. The second-order valence-electron chi connectivity index (χ2n) is 2.80. The van der Waals surface area contributed by atoms with Gasteiger partial charge in [-0.15, -0.1) is 0 Å². The molecule has 0 heterocycles. The van der Waals surface area contributed by atoms with E-state index in [1.165, 1.54) is 25.1 Å². The van der Waals surface area contributed by atoms with E-state index in [-0.39, 0.29) is 11.1 Å². The Balaban J connectivity index is 3.13. The summed E-state index contributed by atoms with van der Waals surface area (Å²) in [4.78, 5) is 10.5. The van der Waals surface area contributed by atoms with Gasteiger partial charge < -0.3 is 5.11 Å². The number of hydrogen-bond donors (Lipinski definition) is 1. The maximum absolute atomic E-state index is 13.1. The van der Waals surface area contributed by atoms with Crippen LogP contribution in [0.2, 0.25) is 0 Å². The molecule has 0 aliphatic heterocycles. The van der Waals surface area contributed by atoms with Crippen molar-refractivity contribution >= 4 is 28.0 Å². The maximum Gasteiger partial charge on any atom is 0.331 e. The molecule has 0 aromatic heterocycles. The Morgan fingerprint density at radius 1 is 1.57 bits per heavy atom. The summed E-state index contributed by atoms with van der Waals surface area (Å²) in [7, 11) is 0. The molecular weight excluding hydrogens is 251 g/mol. The van der Waals surface area contributed by atoms with Crippen molar-refractivity contribution in [3.8, 4) is 0 Å². The lowest BCUT2D eigenvalue weighted by atomic mass is 10.1. The SMILES string of the molecule is C/C(=C\c1cc(Br)ccc1F)C(=O)O. The van der Waals surface area contributed by atoms with Gasteiger partial charge in [0, 0.05) is 15.6 Å². The van der Waals surface area contributed by atoms with Crippen LogP contribution in [0.4, 0.5) is 4.39 Å². The Hall–Kier alpha value is -1.16. The first-order valence-electron chi connectivity index (χ1n) is 3.87. The predicted octanol–water partition coefficient (Wildman–Crippen LogP) is 3.08. The average Bonchev–Trinajstić information content (AvgIpc) is 2.11. The van der Waals surface area contributed by atoms with E-state index in [9.17, 15) is 9.18 Å². The van der Waals surface area contributed by atoms with Crippen LogP contribution in [0.3, 0.4) is 0 Å². The number of carboxylic acid groups (broad SMARTS) is 1. The summed E-state index contributed by atoms with van der Waals surface area (Å²) in [6.07, 6.45) is 1.29. The summed E-state index contributed by atoms with van der Waals surface area (Å²) in [5.41, 5.74) is 0.362. The van der Waals surface area contributed by atoms with Gasteiger partial charge in [-0.1, -0.05) is 15.9 Å². The fourth-order valence-electron chi connectivity index (χ4n) is 0.920. The Labute approximate surface area is 89.2 Å². The predicted molar refractivity (Wildman–Crippen MR) is 55.4 cm³/mol. The minimum absolute atomic E-state index is 0.0991. The third-order valence-electron chi connectivity index (χ3n) is 1.67. The fraction of sp³-hybridized carbons (Fsp3) is 0.100. The van der Waals surface area contributed by atoms with Crippen molar-refractivity contribution in [2.24, 2.45) is 0 Å². The monoisotopic (exact) mass is 258 g/mol. The van der Waals surface area contributed by atoms with E-state index in [0.717, 1.165) is 0 Å². The second-order valence-corrected chi connectivity index (χ2v) is 3.71. The largest absolute Gasteiger partial charge is 0.478 e. The lowest BCUT2D eigenvalue weighted by molar-refractivity contribution is -0.132. The highest BCUT2D eigenvalue weighted by molar-refractivity contribution is 9.10. The number of carboxylic acids is 1. The van der Waals surface area contributed by atoms with Gasteiger partial charge >= 0.3 is 5.97 Å². The molecule has 0 aliphatic carbocycles. The number of rotatable bonds is 2. The van der Waals surface area contributed by atoms with Crippen molar-refractivity contribution in [3.05, 3.63) is 39.6 Å². The van der Waals surface area contributed by atoms with Gasteiger partial charge in [-0.25, -0.2) is 9.18 Å². The van der Waals surface area contributed by atoms with Crippen molar-refractivity contribution in [1.29, 1.82) is 0 Å². The molecule has 1 aromatic carbocycles. The zero-order chi connectivity index (χ0) is 10.7. The van der Waals surface area contributed by atoms with Crippen LogP contribution in [0, 0.1) is 5.82 Å². The van der Waals surface area contributed by atoms with Gasteiger partial charge in [0.05, 0.1) is 0 Å². The van der Waals surface area contributed by atoms with Gasteiger partial charge in [0.15, 0.2) is 0 Å². The van der Waals surface area contributed by atoms with Crippen LogP contribution >= 0.6 is 15.9 Å². The Morgan fingerprint density at radius 2 is 2.21 bits per heavy atom. The van der Waals surface area contributed by atoms with Gasteiger partial charge in [0.25, 0.3) is 0 Å². The summed E-state index contributed by atoms with van der Waals surface area (Å²) in [6.45, 7) is 1.42. The van der Waals surface area contributed by atoms with Gasteiger partial charge in [-0.3, -0.25) is 0 Å². The van der Waals surface area contributed by atoms with Crippen LogP contribution in [0.1, 0.15) is 12.5 Å².